The van der Waals surface area contributed by atoms with Crippen molar-refractivity contribution in [1.29, 1.82) is 0 Å². The monoisotopic (exact) mass is 217 g/mol. The zero-order valence-corrected chi connectivity index (χ0v) is 8.01. The van der Waals surface area contributed by atoms with E-state index in [4.69, 9.17) is 11.6 Å². The zero-order valence-electron chi connectivity index (χ0n) is 7.26. The van der Waals surface area contributed by atoms with Crippen LogP contribution in [0.4, 0.5) is 4.39 Å². The van der Waals surface area contributed by atoms with E-state index in [1.165, 1.54) is 12.1 Å². The number of phenolic OH excluding ortho intramolecular Hbond substituents is 1. The first-order valence-electron chi connectivity index (χ1n) is 3.98. The van der Waals surface area contributed by atoms with Gasteiger partial charge in [0.15, 0.2) is 0 Å². The second-order valence-electron chi connectivity index (χ2n) is 2.58. The number of nitrogens with one attached hydrogen (secondary N) is 1. The third-order valence-corrected chi connectivity index (χ3v) is 1.79. The molecule has 5 heteroatoms. The Balaban J connectivity index is 2.89. The van der Waals surface area contributed by atoms with Crippen LogP contribution in [-0.4, -0.2) is 23.4 Å². The largest absolute Gasteiger partial charge is 0.507 e. The Hall–Kier alpha value is -1.29. The van der Waals surface area contributed by atoms with Gasteiger partial charge >= 0.3 is 0 Å². The van der Waals surface area contributed by atoms with Crippen LogP contribution in [0.25, 0.3) is 0 Å². The van der Waals surface area contributed by atoms with E-state index in [0.29, 0.717) is 0 Å². The molecule has 0 aromatic heterocycles. The van der Waals surface area contributed by atoms with Gasteiger partial charge in [-0.15, -0.1) is 11.6 Å². The van der Waals surface area contributed by atoms with Crippen LogP contribution in [0.15, 0.2) is 18.2 Å². The molecule has 1 amide bonds. The van der Waals surface area contributed by atoms with Crippen molar-refractivity contribution in [1.82, 2.24) is 5.32 Å². The lowest BCUT2D eigenvalue weighted by Crippen LogP contribution is -2.26. The van der Waals surface area contributed by atoms with Crippen LogP contribution < -0.4 is 5.32 Å². The number of hydrogen-bond donors (Lipinski definition) is 2. The third-order valence-electron chi connectivity index (χ3n) is 1.60. The Labute approximate surface area is 85.5 Å². The van der Waals surface area contributed by atoms with Gasteiger partial charge in [-0.25, -0.2) is 4.39 Å². The molecule has 0 fully saturated rings. The lowest BCUT2D eigenvalue weighted by molar-refractivity contribution is 0.0949. The summed E-state index contributed by atoms with van der Waals surface area (Å²) in [5.74, 6) is -1.56. The molecule has 76 valence electrons. The molecule has 0 saturated heterocycles. The fraction of sp³-hybridized carbons (Fsp3) is 0.222. The molecule has 14 heavy (non-hydrogen) atoms. The minimum Gasteiger partial charge on any atom is -0.507 e. The van der Waals surface area contributed by atoms with E-state index in [1.807, 2.05) is 0 Å². The van der Waals surface area contributed by atoms with Gasteiger partial charge < -0.3 is 10.4 Å². The van der Waals surface area contributed by atoms with Gasteiger partial charge in [0, 0.05) is 12.4 Å². The van der Waals surface area contributed by atoms with Gasteiger partial charge in [0.1, 0.15) is 17.1 Å². The Kier molecular flexibility index (Phi) is 3.71. The second-order valence-corrected chi connectivity index (χ2v) is 2.96. The van der Waals surface area contributed by atoms with Crippen LogP contribution in [0.1, 0.15) is 10.4 Å². The third kappa shape index (κ3) is 2.35. The topological polar surface area (TPSA) is 49.3 Å². The van der Waals surface area contributed by atoms with Crippen molar-refractivity contribution in [3.8, 4) is 5.75 Å². The average Bonchev–Trinajstić information content (AvgIpc) is 2.14. The maximum Gasteiger partial charge on any atom is 0.258 e. The van der Waals surface area contributed by atoms with Crippen molar-refractivity contribution in [2.75, 3.05) is 12.4 Å². The first-order chi connectivity index (χ1) is 6.66. The summed E-state index contributed by atoms with van der Waals surface area (Å²) in [6, 6.07) is 3.68. The predicted molar refractivity (Wildman–Crippen MR) is 51.1 cm³/mol. The summed E-state index contributed by atoms with van der Waals surface area (Å²) in [7, 11) is 0. The molecule has 1 aromatic carbocycles. The molecule has 0 atom stereocenters. The van der Waals surface area contributed by atoms with E-state index in [0.717, 1.165) is 6.07 Å². The van der Waals surface area contributed by atoms with Crippen LogP contribution in [0.3, 0.4) is 0 Å². The molecule has 0 heterocycles. The molecule has 0 bridgehead atoms. The first-order valence-corrected chi connectivity index (χ1v) is 4.52. The number of amides is 1. The fourth-order valence-electron chi connectivity index (χ4n) is 0.987. The zero-order chi connectivity index (χ0) is 10.6. The van der Waals surface area contributed by atoms with Gasteiger partial charge in [-0.2, -0.15) is 0 Å². The lowest BCUT2D eigenvalue weighted by Gasteiger charge is -2.05. The number of halogens is 2. The Morgan fingerprint density at radius 1 is 1.57 bits per heavy atom. The van der Waals surface area contributed by atoms with E-state index in [2.05, 4.69) is 5.32 Å². The molecule has 1 rings (SSSR count). The van der Waals surface area contributed by atoms with Crippen LogP contribution in [-0.2, 0) is 0 Å². The number of carbonyl (C=O) groups is 1. The molecule has 0 radical (unpaired) electrons. The van der Waals surface area contributed by atoms with E-state index in [1.54, 1.807) is 0 Å². The SMILES string of the molecule is O=C(NCCCl)c1c(O)cccc1F. The number of phenols is 1. The summed E-state index contributed by atoms with van der Waals surface area (Å²) in [6.45, 7) is 0.230. The Morgan fingerprint density at radius 3 is 2.86 bits per heavy atom. The summed E-state index contributed by atoms with van der Waals surface area (Å²) in [4.78, 5) is 11.3. The second kappa shape index (κ2) is 4.81. The number of carbonyl (C=O) groups excluding carboxylic acids is 1. The number of alkyl halides is 1. The van der Waals surface area contributed by atoms with Gasteiger partial charge in [0.25, 0.3) is 5.91 Å². The maximum atomic E-state index is 13.1. The van der Waals surface area contributed by atoms with Gasteiger partial charge in [0.2, 0.25) is 0 Å². The minimum atomic E-state index is -0.753. The van der Waals surface area contributed by atoms with Gasteiger partial charge in [-0.1, -0.05) is 6.07 Å². The standard InChI is InChI=1S/C9H9ClFNO2/c10-4-5-12-9(14)8-6(11)2-1-3-7(8)13/h1-3,13H,4-5H2,(H,12,14). The molecular weight excluding hydrogens is 209 g/mol. The summed E-state index contributed by atoms with van der Waals surface area (Å²) in [5.41, 5.74) is -0.349. The molecule has 0 aliphatic heterocycles. The molecular formula is C9H9ClFNO2. The van der Waals surface area contributed by atoms with Crippen LogP contribution in [0.5, 0.6) is 5.75 Å². The number of rotatable bonds is 3. The van der Waals surface area contributed by atoms with Crippen molar-refractivity contribution in [3.05, 3.63) is 29.6 Å². The molecule has 0 spiro atoms. The highest BCUT2D eigenvalue weighted by atomic mass is 35.5. The summed E-state index contributed by atoms with van der Waals surface area (Å²) < 4.78 is 13.1. The molecule has 0 saturated carbocycles. The van der Waals surface area contributed by atoms with Gasteiger partial charge in [-0.3, -0.25) is 4.79 Å². The van der Waals surface area contributed by atoms with E-state index < -0.39 is 11.7 Å². The van der Waals surface area contributed by atoms with Gasteiger partial charge in [-0.05, 0) is 12.1 Å². The minimum absolute atomic E-state index is 0.230. The predicted octanol–water partition coefficient (Wildman–Crippen LogP) is 1.50. The highest BCUT2D eigenvalue weighted by molar-refractivity contribution is 6.18. The number of benzene rings is 1. The lowest BCUT2D eigenvalue weighted by atomic mass is 10.2. The van der Waals surface area contributed by atoms with Crippen LogP contribution in [0.2, 0.25) is 0 Å². The smallest absolute Gasteiger partial charge is 0.258 e. The number of hydrogen-bond acceptors (Lipinski definition) is 2. The Bertz CT molecular complexity index is 323. The molecule has 3 nitrogen and oxygen atoms in total. The normalized spacial score (nSPS) is 9.86. The molecule has 0 unspecified atom stereocenters. The highest BCUT2D eigenvalue weighted by Gasteiger charge is 2.15. The maximum absolute atomic E-state index is 13.1. The van der Waals surface area contributed by atoms with E-state index >= 15 is 0 Å². The molecule has 2 N–H and O–H groups in total. The Morgan fingerprint density at radius 2 is 2.29 bits per heavy atom. The van der Waals surface area contributed by atoms with E-state index in [9.17, 15) is 14.3 Å². The summed E-state index contributed by atoms with van der Waals surface area (Å²) >= 11 is 5.34. The molecule has 1 aromatic rings. The van der Waals surface area contributed by atoms with Crippen molar-refractivity contribution in [3.63, 3.8) is 0 Å². The van der Waals surface area contributed by atoms with E-state index in [-0.39, 0.29) is 23.7 Å². The highest BCUT2D eigenvalue weighted by Crippen LogP contribution is 2.19. The first kappa shape index (κ1) is 10.8. The van der Waals surface area contributed by atoms with Crippen molar-refractivity contribution in [2.24, 2.45) is 0 Å². The van der Waals surface area contributed by atoms with Crippen LogP contribution >= 0.6 is 11.6 Å². The summed E-state index contributed by atoms with van der Waals surface area (Å²) in [5, 5.41) is 11.6. The molecule has 0 aliphatic carbocycles. The quantitative estimate of drug-likeness (QED) is 0.754. The van der Waals surface area contributed by atoms with Gasteiger partial charge in [0.05, 0.1) is 0 Å². The van der Waals surface area contributed by atoms with Crippen molar-refractivity contribution < 1.29 is 14.3 Å². The van der Waals surface area contributed by atoms with Crippen molar-refractivity contribution >= 4 is 17.5 Å². The average molecular weight is 218 g/mol. The fourth-order valence-corrected chi connectivity index (χ4v) is 1.08. The van der Waals surface area contributed by atoms with Crippen molar-refractivity contribution in [2.45, 2.75) is 0 Å². The van der Waals surface area contributed by atoms with Crippen LogP contribution in [0, 0.1) is 5.82 Å². The molecule has 0 aliphatic rings. The number of aromatic hydroxyl groups is 1. The summed E-state index contributed by atoms with van der Waals surface area (Å²) in [6.07, 6.45) is 0.